The van der Waals surface area contributed by atoms with Crippen LogP contribution in [0.15, 0.2) is 6.07 Å². The van der Waals surface area contributed by atoms with Gasteiger partial charge in [-0.1, -0.05) is 0 Å². The van der Waals surface area contributed by atoms with Gasteiger partial charge in [0, 0.05) is 18.0 Å². The fourth-order valence-electron chi connectivity index (χ4n) is 2.25. The lowest BCUT2D eigenvalue weighted by atomic mass is 9.95. The van der Waals surface area contributed by atoms with Crippen molar-refractivity contribution in [3.05, 3.63) is 16.5 Å². The molecule has 0 unspecified atom stereocenters. The molecule has 2 heterocycles. The highest BCUT2D eigenvalue weighted by Crippen LogP contribution is 2.36. The molecule has 1 aromatic rings. The molecule has 0 atom stereocenters. The zero-order valence-corrected chi connectivity index (χ0v) is 11.4. The van der Waals surface area contributed by atoms with Gasteiger partial charge in [-0.3, -0.25) is 0 Å². The molecule has 0 spiro atoms. The lowest BCUT2D eigenvalue weighted by Gasteiger charge is -2.29. The second-order valence-corrected chi connectivity index (χ2v) is 5.58. The van der Waals surface area contributed by atoms with Crippen molar-refractivity contribution >= 4 is 28.4 Å². The number of methoxy groups -OCH3 is 1. The fraction of sp³-hybridized carbons (Fsp3) is 0.500. The molecule has 6 nitrogen and oxygen atoms in total. The Labute approximate surface area is 114 Å². The number of hydrogen-bond acceptors (Lipinski definition) is 5. The van der Waals surface area contributed by atoms with Crippen LogP contribution < -0.4 is 5.73 Å². The van der Waals surface area contributed by atoms with E-state index in [4.69, 9.17) is 10.8 Å². The normalized spacial score (nSPS) is 16.4. The monoisotopic (exact) mass is 284 g/mol. The minimum atomic E-state index is -0.876. The summed E-state index contributed by atoms with van der Waals surface area (Å²) in [6.45, 7) is 1.04. The van der Waals surface area contributed by atoms with Crippen LogP contribution in [0.2, 0.25) is 0 Å². The van der Waals surface area contributed by atoms with Gasteiger partial charge in [0.2, 0.25) is 0 Å². The average Bonchev–Trinajstić information content (AvgIpc) is 2.80. The number of thiophene rings is 1. The second-order valence-electron chi connectivity index (χ2n) is 4.46. The van der Waals surface area contributed by atoms with Crippen LogP contribution in [0.5, 0.6) is 0 Å². The molecule has 1 fully saturated rings. The third-order valence-electron chi connectivity index (χ3n) is 3.35. The van der Waals surface area contributed by atoms with Gasteiger partial charge in [0.15, 0.2) is 0 Å². The number of carbonyl (C=O) groups is 2. The zero-order chi connectivity index (χ0) is 14.0. The van der Waals surface area contributed by atoms with Gasteiger partial charge in [0.05, 0.1) is 12.7 Å². The Bertz CT molecular complexity index is 492. The Kier molecular flexibility index (Phi) is 3.94. The van der Waals surface area contributed by atoms with E-state index in [1.807, 2.05) is 0 Å². The van der Waals surface area contributed by atoms with Gasteiger partial charge in [0.1, 0.15) is 5.00 Å². The molecular weight excluding hydrogens is 268 g/mol. The number of likely N-dealkylation sites (tertiary alicyclic amines) is 1. The largest absolute Gasteiger partial charge is 0.465 e. The van der Waals surface area contributed by atoms with Crippen LogP contribution in [0, 0.1) is 0 Å². The molecule has 0 aliphatic carbocycles. The van der Waals surface area contributed by atoms with Crippen molar-refractivity contribution < 1.29 is 19.4 Å². The number of nitrogens with zero attached hydrogens (tertiary/aromatic N) is 1. The van der Waals surface area contributed by atoms with E-state index in [9.17, 15) is 9.59 Å². The van der Waals surface area contributed by atoms with Crippen LogP contribution in [-0.4, -0.2) is 42.3 Å². The predicted octanol–water partition coefficient (Wildman–Crippen LogP) is 1.97. The van der Waals surface area contributed by atoms with E-state index in [1.165, 1.54) is 23.3 Å². The number of amides is 1. The molecule has 2 rings (SSSR count). The topological polar surface area (TPSA) is 92.9 Å². The highest BCUT2D eigenvalue weighted by atomic mass is 32.1. The minimum absolute atomic E-state index is 0.265. The minimum Gasteiger partial charge on any atom is -0.465 e. The van der Waals surface area contributed by atoms with Crippen molar-refractivity contribution in [2.24, 2.45) is 0 Å². The first-order valence-corrected chi connectivity index (χ1v) is 6.80. The average molecular weight is 284 g/mol. The summed E-state index contributed by atoms with van der Waals surface area (Å²) in [7, 11) is 1.32. The maximum absolute atomic E-state index is 11.5. The summed E-state index contributed by atoms with van der Waals surface area (Å²) in [6, 6.07) is 1.77. The maximum Gasteiger partial charge on any atom is 0.407 e. The molecule has 0 radical (unpaired) electrons. The van der Waals surface area contributed by atoms with E-state index in [0.29, 0.717) is 23.7 Å². The van der Waals surface area contributed by atoms with Gasteiger partial charge < -0.3 is 20.5 Å². The molecule has 19 heavy (non-hydrogen) atoms. The quantitative estimate of drug-likeness (QED) is 0.810. The number of carbonyl (C=O) groups excluding carboxylic acids is 1. The van der Waals surface area contributed by atoms with Crippen molar-refractivity contribution in [1.82, 2.24) is 4.90 Å². The van der Waals surface area contributed by atoms with E-state index in [-0.39, 0.29) is 5.92 Å². The third-order valence-corrected chi connectivity index (χ3v) is 4.48. The first-order valence-electron chi connectivity index (χ1n) is 5.98. The number of anilines is 1. The van der Waals surface area contributed by atoms with Crippen molar-refractivity contribution in [3.63, 3.8) is 0 Å². The van der Waals surface area contributed by atoms with Crippen molar-refractivity contribution in [3.8, 4) is 0 Å². The van der Waals surface area contributed by atoms with Crippen molar-refractivity contribution in [1.29, 1.82) is 0 Å². The van der Waals surface area contributed by atoms with Gasteiger partial charge in [-0.15, -0.1) is 11.3 Å². The van der Waals surface area contributed by atoms with E-state index < -0.39 is 12.1 Å². The van der Waals surface area contributed by atoms with Crippen LogP contribution in [0.1, 0.15) is 34.0 Å². The maximum atomic E-state index is 11.5. The molecule has 1 amide bonds. The molecule has 1 saturated heterocycles. The number of nitrogens with two attached hydrogens (primary N) is 1. The molecule has 1 aliphatic heterocycles. The number of hydrogen-bond donors (Lipinski definition) is 2. The van der Waals surface area contributed by atoms with Crippen molar-refractivity contribution in [2.45, 2.75) is 18.8 Å². The van der Waals surface area contributed by atoms with E-state index in [0.717, 1.165) is 17.7 Å². The van der Waals surface area contributed by atoms with Gasteiger partial charge in [-0.2, -0.15) is 0 Å². The molecule has 1 aliphatic rings. The first-order chi connectivity index (χ1) is 9.02. The lowest BCUT2D eigenvalue weighted by Crippen LogP contribution is -2.36. The third kappa shape index (κ3) is 2.81. The highest BCUT2D eigenvalue weighted by molar-refractivity contribution is 7.16. The molecule has 0 saturated carbocycles. The Hall–Kier alpha value is -1.76. The zero-order valence-electron chi connectivity index (χ0n) is 10.6. The molecule has 1 aromatic heterocycles. The van der Waals surface area contributed by atoms with Crippen LogP contribution >= 0.6 is 11.3 Å². The van der Waals surface area contributed by atoms with Crippen LogP contribution in [0.4, 0.5) is 9.80 Å². The summed E-state index contributed by atoms with van der Waals surface area (Å²) in [5, 5.41) is 9.36. The van der Waals surface area contributed by atoms with Gasteiger partial charge in [-0.05, 0) is 24.8 Å². The van der Waals surface area contributed by atoms with Gasteiger partial charge in [0.25, 0.3) is 0 Å². The summed E-state index contributed by atoms with van der Waals surface area (Å²) in [5.41, 5.74) is 6.22. The molecule has 7 heteroatoms. The Morgan fingerprint density at radius 2 is 2.11 bits per heavy atom. The molecule has 3 N–H and O–H groups in total. The van der Waals surface area contributed by atoms with E-state index in [2.05, 4.69) is 4.74 Å². The summed E-state index contributed by atoms with van der Waals surface area (Å²) in [6.07, 6.45) is 0.638. The number of piperidine rings is 1. The van der Waals surface area contributed by atoms with Crippen molar-refractivity contribution in [2.75, 3.05) is 25.9 Å². The summed E-state index contributed by atoms with van der Waals surface area (Å²) < 4.78 is 4.67. The molecular formula is C12H16N2O4S. The number of ether oxygens (including phenoxy) is 1. The summed E-state index contributed by atoms with van der Waals surface area (Å²) >= 11 is 1.39. The van der Waals surface area contributed by atoms with Crippen LogP contribution in [0.3, 0.4) is 0 Å². The number of esters is 1. The molecule has 0 bridgehead atoms. The van der Waals surface area contributed by atoms with Crippen LogP contribution in [-0.2, 0) is 4.74 Å². The second kappa shape index (κ2) is 5.48. The van der Waals surface area contributed by atoms with Gasteiger partial charge >= 0.3 is 12.1 Å². The summed E-state index contributed by atoms with van der Waals surface area (Å²) in [4.78, 5) is 24.8. The number of carboxylic acid groups (broad SMARTS) is 1. The highest BCUT2D eigenvalue weighted by Gasteiger charge is 2.26. The standard InChI is InChI=1S/C12H16N2O4S/c1-18-11(15)8-6-9(19-10(8)13)7-2-4-14(5-3-7)12(16)17/h6-7H,2-5,13H2,1H3,(H,16,17). The van der Waals surface area contributed by atoms with Gasteiger partial charge in [-0.25, -0.2) is 9.59 Å². The molecule has 104 valence electrons. The van der Waals surface area contributed by atoms with E-state index in [1.54, 1.807) is 6.07 Å². The Morgan fingerprint density at radius 3 is 2.63 bits per heavy atom. The number of nitrogen functional groups attached to an aromatic ring is 1. The fourth-order valence-corrected chi connectivity index (χ4v) is 3.34. The predicted molar refractivity (Wildman–Crippen MR) is 71.6 cm³/mol. The SMILES string of the molecule is COC(=O)c1cc(C2CCN(C(=O)O)CC2)sc1N. The molecule has 0 aromatic carbocycles. The number of rotatable bonds is 2. The van der Waals surface area contributed by atoms with E-state index >= 15 is 0 Å². The Morgan fingerprint density at radius 1 is 1.47 bits per heavy atom. The Balaban J connectivity index is 2.08. The summed E-state index contributed by atoms with van der Waals surface area (Å²) in [5.74, 6) is -0.163. The lowest BCUT2D eigenvalue weighted by molar-refractivity contribution is 0.0602. The smallest absolute Gasteiger partial charge is 0.407 e. The first kappa shape index (κ1) is 13.7. The van der Waals surface area contributed by atoms with Crippen LogP contribution in [0.25, 0.3) is 0 Å².